The predicted molar refractivity (Wildman–Crippen MR) is 190 cm³/mol. The van der Waals surface area contributed by atoms with Gasteiger partial charge < -0.3 is 12.8 Å². The van der Waals surface area contributed by atoms with E-state index in [0.29, 0.717) is 0 Å². The topological polar surface area (TPSA) is 0 Å². The quantitative estimate of drug-likeness (QED) is 0.0470. The molecule has 0 amide bonds. The van der Waals surface area contributed by atoms with Crippen LogP contribution in [0.3, 0.4) is 0 Å². The van der Waals surface area contributed by atoms with Gasteiger partial charge in [0.25, 0.3) is 0 Å². The second-order valence-electron chi connectivity index (χ2n) is 12.0. The number of fused-ring (bicyclic) bond motifs is 6. The fraction of sp³-hybridized carbons (Fsp3) is 0.222. The van der Waals surface area contributed by atoms with Gasteiger partial charge in [0.1, 0.15) is 28.5 Å². The Bertz CT molecular complexity index is 1720. The van der Waals surface area contributed by atoms with Crippen molar-refractivity contribution in [3.63, 3.8) is 0 Å². The predicted octanol–water partition coefficient (Wildman–Crippen LogP) is 8.58. The number of unbranched alkanes of at least 4 members (excludes halogenated alkanes) is 1. The van der Waals surface area contributed by atoms with E-state index in [-0.39, 0.29) is 69.9 Å². The van der Waals surface area contributed by atoms with Crippen LogP contribution >= 0.6 is 17.1 Å². The average molecular weight is 1060 g/mol. The number of halogens is 4. The maximum absolute atomic E-state index is 11.5. The Kier molecular flexibility index (Phi) is 15.7. The van der Waals surface area contributed by atoms with Crippen LogP contribution in [-0.2, 0) is 44.8 Å². The minimum Gasteiger partial charge on any atom is -0.366 e. The molecular weight excluding hydrogens is 1020 g/mol. The second-order valence-corrected chi connectivity index (χ2v) is 23.0. The van der Waals surface area contributed by atoms with Gasteiger partial charge >= 0.3 is 61.8 Å². The Morgan fingerprint density at radius 2 is 0.913 bits per heavy atom. The molecule has 0 aliphatic carbocycles. The number of rotatable bonds is 5. The molecule has 0 saturated heterocycles. The minimum absolute atomic E-state index is 0. The minimum atomic E-state index is -3.17. The zero-order chi connectivity index (χ0) is 32.1. The zero-order valence-corrected chi connectivity index (χ0v) is 34.4. The summed E-state index contributed by atoms with van der Waals surface area (Å²) < 4.78 is 45.9. The largest absolute Gasteiger partial charge is 1.00 e. The Morgan fingerprint density at radius 3 is 1.41 bits per heavy atom. The summed E-state index contributed by atoms with van der Waals surface area (Å²) in [6, 6.07) is 30.0. The molecule has 2 aliphatic rings. The third-order valence-electron chi connectivity index (χ3n) is 8.44. The molecule has 0 aromatic heterocycles. The van der Waals surface area contributed by atoms with E-state index in [0.717, 1.165) is 11.1 Å². The molecule has 10 heteroatoms. The van der Waals surface area contributed by atoms with Crippen molar-refractivity contribution in [1.82, 2.24) is 0 Å². The summed E-state index contributed by atoms with van der Waals surface area (Å²) in [7, 11) is -9.39. The first-order valence-electron chi connectivity index (χ1n) is 14.6. The standard InChI is InChI=1S/2C16H13Si.C4H8F4P2.2Au/c1-4-12-9-10-16-14(11-12)13-7-5-6-8-15(13)17(16,2)3;1-4-12-9-10-14-13-7-5-6-8-15(13)17(2,3)16(14)11-12;5-9(6)3-1-2-4-10(7)8;;/h2*5-11H,2-3H3;1-4H2;;/q2*-1;;2*+1/p+2. The molecule has 4 aromatic carbocycles. The fourth-order valence-electron chi connectivity index (χ4n) is 6.10. The van der Waals surface area contributed by atoms with Crippen molar-refractivity contribution in [2.75, 3.05) is 12.3 Å². The summed E-state index contributed by atoms with van der Waals surface area (Å²) in [4.78, 5) is 0. The zero-order valence-electron chi connectivity index (χ0n) is 26.0. The molecule has 4 aromatic rings. The van der Waals surface area contributed by atoms with E-state index < -0.39 is 33.2 Å². The van der Waals surface area contributed by atoms with Gasteiger partial charge in [0, 0.05) is 0 Å². The van der Waals surface area contributed by atoms with E-state index in [2.05, 4.69) is 111 Å². The van der Waals surface area contributed by atoms with Gasteiger partial charge in [-0.2, -0.15) is 0 Å². The SMILES string of the molecule is F[PH+](F)CCCC[PH+](F)F.[Au+].[Au+].[C-]#Cc1ccc2c(c1)-c1ccccc1[Si]2(C)C.[C-]#Cc1ccc2c(c1)[Si](C)(C)c1ccccc1-2. The number of hydrogen-bond acceptors (Lipinski definition) is 0. The first-order chi connectivity index (χ1) is 20.9. The van der Waals surface area contributed by atoms with Gasteiger partial charge in [0.05, 0.1) is 0 Å². The molecule has 0 unspecified atom stereocenters. The Morgan fingerprint density at radius 1 is 0.522 bits per heavy atom. The van der Waals surface area contributed by atoms with Gasteiger partial charge in [-0.3, -0.25) is 11.8 Å². The number of benzene rings is 4. The molecule has 0 bridgehead atoms. The van der Waals surface area contributed by atoms with Crippen molar-refractivity contribution in [3.05, 3.63) is 109 Å². The Hall–Kier alpha value is -1.51. The van der Waals surface area contributed by atoms with Crippen LogP contribution in [0.25, 0.3) is 22.3 Å². The van der Waals surface area contributed by atoms with Crippen molar-refractivity contribution in [2.24, 2.45) is 0 Å². The fourth-order valence-corrected chi connectivity index (χ4v) is 13.3. The molecular formula is C36H36Au2F4P2Si2+2. The van der Waals surface area contributed by atoms with Crippen LogP contribution in [0.1, 0.15) is 24.0 Å². The Labute approximate surface area is 307 Å². The average Bonchev–Trinajstić information content (AvgIpc) is 3.39. The van der Waals surface area contributed by atoms with Crippen LogP contribution in [0, 0.1) is 24.7 Å². The van der Waals surface area contributed by atoms with E-state index in [9.17, 15) is 16.8 Å². The molecule has 46 heavy (non-hydrogen) atoms. The number of hydrogen-bond donors (Lipinski definition) is 0. The van der Waals surface area contributed by atoms with Gasteiger partial charge in [-0.15, -0.1) is 35.4 Å². The van der Waals surface area contributed by atoms with Gasteiger partial charge in [-0.05, 0) is 67.4 Å². The molecule has 0 nitrogen and oxygen atoms in total. The molecule has 0 saturated carbocycles. The van der Waals surface area contributed by atoms with Gasteiger partial charge in [-0.1, -0.05) is 92.0 Å². The maximum atomic E-state index is 11.5. The van der Waals surface area contributed by atoms with E-state index in [1.807, 2.05) is 12.1 Å². The molecule has 0 radical (unpaired) electrons. The summed E-state index contributed by atoms with van der Waals surface area (Å²) in [6.07, 6.45) is 14.8. The molecule has 0 fully saturated rings. The summed E-state index contributed by atoms with van der Waals surface area (Å²) in [5.74, 6) is 4.97. The Balaban J connectivity index is 0.000000244. The normalized spacial score (nSPS) is 13.5. The summed E-state index contributed by atoms with van der Waals surface area (Å²) >= 11 is 0. The maximum Gasteiger partial charge on any atom is 1.00 e. The smallest absolute Gasteiger partial charge is 0.366 e. The van der Waals surface area contributed by atoms with Gasteiger partial charge in [-0.25, -0.2) is 0 Å². The van der Waals surface area contributed by atoms with Crippen molar-refractivity contribution in [3.8, 4) is 34.1 Å². The molecule has 0 atom stereocenters. The van der Waals surface area contributed by atoms with Crippen molar-refractivity contribution in [1.29, 1.82) is 0 Å². The third-order valence-corrected chi connectivity index (χ3v) is 17.0. The first-order valence-corrected chi connectivity index (χ1v) is 23.5. The van der Waals surface area contributed by atoms with Crippen LogP contribution in [-0.4, -0.2) is 28.5 Å². The molecule has 2 heterocycles. The molecule has 6 rings (SSSR count). The molecule has 0 N–H and O–H groups in total. The third kappa shape index (κ3) is 9.14. The summed E-state index contributed by atoms with van der Waals surface area (Å²) in [5.41, 5.74) is 7.17. The second kappa shape index (κ2) is 17.8. The van der Waals surface area contributed by atoms with E-state index in [4.69, 9.17) is 12.8 Å². The summed E-state index contributed by atoms with van der Waals surface area (Å²) in [6.45, 7) is 9.55. The van der Waals surface area contributed by atoms with E-state index in [1.165, 1.54) is 43.0 Å². The van der Waals surface area contributed by atoms with Crippen LogP contribution < -0.4 is 20.7 Å². The van der Waals surface area contributed by atoms with E-state index in [1.54, 1.807) is 0 Å². The molecule has 2 aliphatic heterocycles. The molecule has 0 spiro atoms. The molecule has 246 valence electrons. The van der Waals surface area contributed by atoms with Crippen molar-refractivity contribution < 1.29 is 61.5 Å². The van der Waals surface area contributed by atoms with Crippen LogP contribution in [0.4, 0.5) is 16.8 Å². The first kappa shape index (κ1) is 40.7. The van der Waals surface area contributed by atoms with Crippen LogP contribution in [0.5, 0.6) is 0 Å². The van der Waals surface area contributed by atoms with Crippen LogP contribution in [0.2, 0.25) is 26.2 Å². The van der Waals surface area contributed by atoms with Crippen LogP contribution in [0.15, 0.2) is 84.9 Å². The summed E-state index contributed by atoms with van der Waals surface area (Å²) in [5, 5.41) is 5.95. The monoisotopic (exact) mass is 1060 g/mol. The van der Waals surface area contributed by atoms with Gasteiger partial charge in [0.15, 0.2) is 0 Å². The van der Waals surface area contributed by atoms with E-state index >= 15 is 0 Å². The van der Waals surface area contributed by atoms with Gasteiger partial charge in [0.2, 0.25) is 0 Å². The van der Waals surface area contributed by atoms with Crippen molar-refractivity contribution >= 4 is 54.0 Å². The van der Waals surface area contributed by atoms with Crippen molar-refractivity contribution in [2.45, 2.75) is 39.0 Å².